The van der Waals surface area contributed by atoms with Crippen LogP contribution in [0, 0.1) is 6.92 Å². The van der Waals surface area contributed by atoms with E-state index in [9.17, 15) is 8.42 Å². The summed E-state index contributed by atoms with van der Waals surface area (Å²) in [6, 6.07) is 1.12. The Hall–Kier alpha value is -0.500. The van der Waals surface area contributed by atoms with E-state index >= 15 is 0 Å². The first-order valence-corrected chi connectivity index (χ1v) is 9.96. The van der Waals surface area contributed by atoms with Crippen LogP contribution in [-0.4, -0.2) is 42.4 Å². The lowest BCUT2D eigenvalue weighted by atomic mass is 10.00. The van der Waals surface area contributed by atoms with Crippen LogP contribution in [-0.2, 0) is 10.0 Å². The van der Waals surface area contributed by atoms with E-state index in [0.717, 1.165) is 24.3 Å². The van der Waals surface area contributed by atoms with Gasteiger partial charge in [-0.1, -0.05) is 6.92 Å². The van der Waals surface area contributed by atoms with Gasteiger partial charge in [-0.25, -0.2) is 13.4 Å². The highest BCUT2D eigenvalue weighted by atomic mass is 32.2. The Morgan fingerprint density at radius 3 is 2.57 bits per heavy atom. The predicted octanol–water partition coefficient (Wildman–Crippen LogP) is 2.14. The van der Waals surface area contributed by atoms with Gasteiger partial charge >= 0.3 is 0 Å². The monoisotopic (exact) mass is 329 g/mol. The van der Waals surface area contributed by atoms with E-state index in [-0.39, 0.29) is 6.04 Å². The summed E-state index contributed by atoms with van der Waals surface area (Å²) in [6.07, 6.45) is 6.59. The standard InChI is InChI=1S/C14H23N3O2S2/c1-3-6-17(13-7-11-4-5-12(8-13)16-11)21(18,19)14-9-15-10(2)20-14/h9,11-13,16H,3-8H2,1-2H3. The summed E-state index contributed by atoms with van der Waals surface area (Å²) < 4.78 is 28.0. The lowest BCUT2D eigenvalue weighted by molar-refractivity contribution is 0.226. The molecule has 1 N–H and O–H groups in total. The van der Waals surface area contributed by atoms with Crippen molar-refractivity contribution in [3.05, 3.63) is 11.2 Å². The van der Waals surface area contributed by atoms with Crippen LogP contribution in [0.5, 0.6) is 0 Å². The van der Waals surface area contributed by atoms with Crippen LogP contribution in [0.4, 0.5) is 0 Å². The average Bonchev–Trinajstić information content (AvgIpc) is 3.02. The van der Waals surface area contributed by atoms with Gasteiger partial charge in [-0.05, 0) is 39.0 Å². The van der Waals surface area contributed by atoms with E-state index in [2.05, 4.69) is 10.3 Å². The summed E-state index contributed by atoms with van der Waals surface area (Å²) in [5, 5.41) is 4.38. The molecule has 21 heavy (non-hydrogen) atoms. The molecule has 118 valence electrons. The number of piperidine rings is 1. The number of sulfonamides is 1. The maximum absolute atomic E-state index is 12.9. The van der Waals surface area contributed by atoms with Gasteiger partial charge in [0.1, 0.15) is 0 Å². The van der Waals surface area contributed by atoms with Crippen LogP contribution in [0.3, 0.4) is 0 Å². The SMILES string of the molecule is CCCN(C1CC2CCC(C1)N2)S(=O)(=O)c1cnc(C)s1. The van der Waals surface area contributed by atoms with Crippen LogP contribution in [0.1, 0.15) is 44.0 Å². The first kappa shape index (κ1) is 15.4. The largest absolute Gasteiger partial charge is 0.311 e. The Balaban J connectivity index is 1.87. The minimum absolute atomic E-state index is 0.135. The van der Waals surface area contributed by atoms with Gasteiger partial charge in [0.15, 0.2) is 4.21 Å². The molecule has 0 radical (unpaired) electrons. The molecule has 5 nitrogen and oxygen atoms in total. The molecule has 2 aliphatic heterocycles. The smallest absolute Gasteiger partial charge is 0.254 e. The third-order valence-corrected chi connectivity index (χ3v) is 7.76. The van der Waals surface area contributed by atoms with Crippen LogP contribution < -0.4 is 5.32 Å². The van der Waals surface area contributed by atoms with Crippen molar-refractivity contribution in [1.29, 1.82) is 0 Å². The topological polar surface area (TPSA) is 62.3 Å². The minimum atomic E-state index is -3.40. The molecule has 1 aromatic heterocycles. The van der Waals surface area contributed by atoms with Crippen molar-refractivity contribution in [1.82, 2.24) is 14.6 Å². The molecule has 2 aliphatic rings. The summed E-state index contributed by atoms with van der Waals surface area (Å²) in [7, 11) is -3.40. The molecule has 0 saturated carbocycles. The van der Waals surface area contributed by atoms with Crippen molar-refractivity contribution in [2.45, 2.75) is 68.3 Å². The van der Waals surface area contributed by atoms with E-state index in [1.807, 2.05) is 13.8 Å². The van der Waals surface area contributed by atoms with E-state index < -0.39 is 10.0 Å². The molecule has 2 saturated heterocycles. The van der Waals surface area contributed by atoms with E-state index in [4.69, 9.17) is 0 Å². The Labute approximate surface area is 130 Å². The fraction of sp³-hybridized carbons (Fsp3) is 0.786. The summed E-state index contributed by atoms with van der Waals surface area (Å²) >= 11 is 1.27. The molecule has 7 heteroatoms. The summed E-state index contributed by atoms with van der Waals surface area (Å²) in [5.74, 6) is 0. The fourth-order valence-corrected chi connectivity index (χ4v) is 6.54. The van der Waals surface area contributed by atoms with Crippen LogP contribution in [0.2, 0.25) is 0 Å². The summed E-state index contributed by atoms with van der Waals surface area (Å²) in [6.45, 7) is 4.48. The Bertz CT molecular complexity index is 587. The highest BCUT2D eigenvalue weighted by Crippen LogP contribution is 2.33. The number of aryl methyl sites for hydroxylation is 1. The van der Waals surface area contributed by atoms with Gasteiger partial charge in [0, 0.05) is 24.7 Å². The molecular formula is C14H23N3O2S2. The highest BCUT2D eigenvalue weighted by molar-refractivity contribution is 7.91. The molecular weight excluding hydrogens is 306 g/mol. The molecule has 0 aliphatic carbocycles. The lowest BCUT2D eigenvalue weighted by Crippen LogP contribution is -2.50. The molecule has 3 rings (SSSR count). The van der Waals surface area contributed by atoms with Crippen molar-refractivity contribution >= 4 is 21.4 Å². The number of fused-ring (bicyclic) bond motifs is 2. The zero-order valence-corrected chi connectivity index (χ0v) is 14.2. The van der Waals surface area contributed by atoms with Gasteiger partial charge < -0.3 is 5.32 Å². The fourth-order valence-electron chi connectivity index (χ4n) is 3.56. The number of rotatable bonds is 5. The molecule has 0 aromatic carbocycles. The zero-order valence-electron chi connectivity index (χ0n) is 12.6. The van der Waals surface area contributed by atoms with Gasteiger partial charge in [-0.2, -0.15) is 4.31 Å². The maximum atomic E-state index is 12.9. The third-order valence-electron chi connectivity index (χ3n) is 4.46. The van der Waals surface area contributed by atoms with Crippen molar-refractivity contribution in [2.75, 3.05) is 6.54 Å². The Kier molecular flexibility index (Phi) is 4.36. The molecule has 3 heterocycles. The highest BCUT2D eigenvalue weighted by Gasteiger charge is 2.40. The van der Waals surface area contributed by atoms with Gasteiger partial charge in [0.25, 0.3) is 10.0 Å². The quantitative estimate of drug-likeness (QED) is 0.899. The van der Waals surface area contributed by atoms with Crippen molar-refractivity contribution in [3.8, 4) is 0 Å². The van der Waals surface area contributed by atoms with Crippen molar-refractivity contribution in [3.63, 3.8) is 0 Å². The summed E-state index contributed by atoms with van der Waals surface area (Å²) in [4.78, 5) is 4.11. The number of nitrogens with one attached hydrogen (secondary N) is 1. The molecule has 2 atom stereocenters. The van der Waals surface area contributed by atoms with Crippen LogP contribution in [0.25, 0.3) is 0 Å². The Morgan fingerprint density at radius 2 is 2.05 bits per heavy atom. The molecule has 0 amide bonds. The van der Waals surface area contributed by atoms with E-state index in [0.29, 0.717) is 22.8 Å². The first-order chi connectivity index (χ1) is 10.0. The van der Waals surface area contributed by atoms with Gasteiger partial charge in [0.05, 0.1) is 11.2 Å². The molecule has 2 fully saturated rings. The number of aromatic nitrogens is 1. The van der Waals surface area contributed by atoms with Crippen molar-refractivity contribution < 1.29 is 8.42 Å². The number of thiazole rings is 1. The van der Waals surface area contributed by atoms with Crippen molar-refractivity contribution in [2.24, 2.45) is 0 Å². The van der Waals surface area contributed by atoms with Gasteiger partial charge in [-0.15, -0.1) is 11.3 Å². The lowest BCUT2D eigenvalue weighted by Gasteiger charge is -2.36. The van der Waals surface area contributed by atoms with Gasteiger partial charge in [0.2, 0.25) is 0 Å². The number of hydrogen-bond acceptors (Lipinski definition) is 5. The second kappa shape index (κ2) is 5.95. The Morgan fingerprint density at radius 1 is 1.38 bits per heavy atom. The second-order valence-electron chi connectivity index (χ2n) is 6.08. The second-order valence-corrected chi connectivity index (χ2v) is 9.43. The average molecular weight is 329 g/mol. The zero-order chi connectivity index (χ0) is 15.0. The number of nitrogens with zero attached hydrogens (tertiary/aromatic N) is 2. The number of hydrogen-bond donors (Lipinski definition) is 1. The molecule has 1 aromatic rings. The molecule has 2 unspecified atom stereocenters. The van der Waals surface area contributed by atoms with Crippen LogP contribution in [0.15, 0.2) is 10.4 Å². The van der Waals surface area contributed by atoms with E-state index in [1.54, 1.807) is 4.31 Å². The third kappa shape index (κ3) is 3.02. The van der Waals surface area contributed by atoms with E-state index in [1.165, 1.54) is 30.4 Å². The van der Waals surface area contributed by atoms with Gasteiger partial charge in [-0.3, -0.25) is 0 Å². The predicted molar refractivity (Wildman–Crippen MR) is 84.0 cm³/mol. The first-order valence-electron chi connectivity index (χ1n) is 7.71. The minimum Gasteiger partial charge on any atom is -0.311 e. The normalized spacial score (nSPS) is 29.2. The molecule has 2 bridgehead atoms. The maximum Gasteiger partial charge on any atom is 0.254 e. The summed E-state index contributed by atoms with van der Waals surface area (Å²) in [5.41, 5.74) is 0. The molecule has 0 spiro atoms. The van der Waals surface area contributed by atoms with Crippen LogP contribution >= 0.6 is 11.3 Å².